The van der Waals surface area contributed by atoms with Crippen LogP contribution in [0, 0.1) is 22.7 Å². The van der Waals surface area contributed by atoms with Crippen molar-refractivity contribution in [2.24, 2.45) is 0 Å². The SMILES string of the molecule is COc1ccc(OC)c(-c2cc(-c3ccccc3)nc(SCCC(=O)Nc3sc4c(c3C#N)CCCC4)c2C#N)c1. The van der Waals surface area contributed by atoms with Crippen molar-refractivity contribution in [1.29, 1.82) is 10.5 Å². The molecule has 0 fully saturated rings. The number of anilines is 1. The molecule has 9 heteroatoms. The van der Waals surface area contributed by atoms with Crippen LogP contribution in [0.15, 0.2) is 59.6 Å². The number of nitrogens with zero attached hydrogens (tertiary/aromatic N) is 3. The Balaban J connectivity index is 1.43. The lowest BCUT2D eigenvalue weighted by Crippen LogP contribution is -2.12. The van der Waals surface area contributed by atoms with E-state index >= 15 is 0 Å². The number of aromatic nitrogens is 1. The summed E-state index contributed by atoms with van der Waals surface area (Å²) < 4.78 is 11.1. The molecule has 1 N–H and O–H groups in total. The molecule has 0 bridgehead atoms. The van der Waals surface area contributed by atoms with Crippen molar-refractivity contribution in [2.75, 3.05) is 25.3 Å². The zero-order valence-corrected chi connectivity index (χ0v) is 24.5. The topological polar surface area (TPSA) is 108 Å². The van der Waals surface area contributed by atoms with E-state index in [9.17, 15) is 15.3 Å². The molecule has 0 saturated heterocycles. The fourth-order valence-corrected chi connectivity index (χ4v) is 7.13. The number of nitrogens with one attached hydrogen (secondary N) is 1. The third kappa shape index (κ3) is 6.07. The molecule has 7 nitrogen and oxygen atoms in total. The molecule has 1 aliphatic carbocycles. The summed E-state index contributed by atoms with van der Waals surface area (Å²) in [6, 6.07) is 21.7. The molecular formula is C32H28N4O3S2. The fourth-order valence-electron chi connectivity index (χ4n) is 4.93. The molecule has 0 radical (unpaired) electrons. The van der Waals surface area contributed by atoms with Crippen LogP contribution in [0.5, 0.6) is 11.5 Å². The Kier molecular flexibility index (Phi) is 8.88. The maximum Gasteiger partial charge on any atom is 0.225 e. The number of hydrogen-bond donors (Lipinski definition) is 1. The van der Waals surface area contributed by atoms with Crippen LogP contribution in [0.2, 0.25) is 0 Å². The molecule has 1 amide bonds. The van der Waals surface area contributed by atoms with Gasteiger partial charge in [0.15, 0.2) is 0 Å². The minimum absolute atomic E-state index is 0.167. The monoisotopic (exact) mass is 580 g/mol. The summed E-state index contributed by atoms with van der Waals surface area (Å²) in [5.41, 5.74) is 5.10. The smallest absolute Gasteiger partial charge is 0.225 e. The van der Waals surface area contributed by atoms with E-state index in [0.29, 0.717) is 55.2 Å². The van der Waals surface area contributed by atoms with Crippen LogP contribution < -0.4 is 14.8 Å². The van der Waals surface area contributed by atoms with Crippen LogP contribution in [-0.4, -0.2) is 30.9 Å². The van der Waals surface area contributed by atoms with Crippen molar-refractivity contribution < 1.29 is 14.3 Å². The largest absolute Gasteiger partial charge is 0.497 e. The molecule has 0 saturated carbocycles. The number of thioether (sulfide) groups is 1. The molecular weight excluding hydrogens is 553 g/mol. The second-order valence-electron chi connectivity index (χ2n) is 9.45. The van der Waals surface area contributed by atoms with Gasteiger partial charge in [-0.25, -0.2) is 4.98 Å². The normalized spacial score (nSPS) is 12.1. The number of methoxy groups -OCH3 is 2. The number of ether oxygens (including phenoxy) is 2. The van der Waals surface area contributed by atoms with E-state index in [0.717, 1.165) is 36.8 Å². The summed E-state index contributed by atoms with van der Waals surface area (Å²) >= 11 is 2.88. The van der Waals surface area contributed by atoms with Gasteiger partial charge in [-0.1, -0.05) is 30.3 Å². The highest BCUT2D eigenvalue weighted by molar-refractivity contribution is 7.99. The van der Waals surface area contributed by atoms with E-state index in [2.05, 4.69) is 17.5 Å². The molecule has 2 aromatic heterocycles. The van der Waals surface area contributed by atoms with E-state index in [1.54, 1.807) is 14.2 Å². The lowest BCUT2D eigenvalue weighted by atomic mass is 9.96. The second kappa shape index (κ2) is 12.9. The first-order valence-electron chi connectivity index (χ1n) is 13.3. The average molecular weight is 581 g/mol. The van der Waals surface area contributed by atoms with Gasteiger partial charge in [-0.05, 0) is 55.5 Å². The van der Waals surface area contributed by atoms with Crippen LogP contribution in [0.3, 0.4) is 0 Å². The van der Waals surface area contributed by atoms with Crippen LogP contribution in [-0.2, 0) is 17.6 Å². The number of aryl methyl sites for hydroxylation is 1. The first-order valence-corrected chi connectivity index (χ1v) is 15.1. The Morgan fingerprint density at radius 1 is 1.00 bits per heavy atom. The van der Waals surface area contributed by atoms with Gasteiger partial charge in [-0.3, -0.25) is 4.79 Å². The number of hydrogen-bond acceptors (Lipinski definition) is 8. The molecule has 0 spiro atoms. The number of thiophene rings is 1. The van der Waals surface area contributed by atoms with Crippen LogP contribution in [0.1, 0.15) is 40.8 Å². The number of amides is 1. The lowest BCUT2D eigenvalue weighted by Gasteiger charge is -2.15. The van der Waals surface area contributed by atoms with Crippen LogP contribution in [0.4, 0.5) is 5.00 Å². The van der Waals surface area contributed by atoms with Gasteiger partial charge in [-0.15, -0.1) is 23.1 Å². The van der Waals surface area contributed by atoms with Gasteiger partial charge < -0.3 is 14.8 Å². The summed E-state index contributed by atoms with van der Waals surface area (Å²) in [7, 11) is 3.18. The molecule has 4 aromatic rings. The summed E-state index contributed by atoms with van der Waals surface area (Å²) in [5, 5.41) is 24.1. The first-order chi connectivity index (χ1) is 20.1. The van der Waals surface area contributed by atoms with Crippen molar-refractivity contribution in [3.63, 3.8) is 0 Å². The van der Waals surface area contributed by atoms with E-state index < -0.39 is 0 Å². The van der Waals surface area contributed by atoms with Gasteiger partial charge in [0, 0.05) is 33.7 Å². The first kappa shape index (κ1) is 28.2. The molecule has 0 atom stereocenters. The highest BCUT2D eigenvalue weighted by Gasteiger charge is 2.23. The number of fused-ring (bicyclic) bond motifs is 1. The van der Waals surface area contributed by atoms with E-state index in [-0.39, 0.29) is 12.3 Å². The Hall–Kier alpha value is -4.31. The Morgan fingerprint density at radius 3 is 2.51 bits per heavy atom. The minimum atomic E-state index is -0.167. The molecule has 2 aromatic carbocycles. The predicted octanol–water partition coefficient (Wildman–Crippen LogP) is 7.24. The van der Waals surface area contributed by atoms with Gasteiger partial charge in [0.2, 0.25) is 5.91 Å². The number of carbonyl (C=O) groups excluding carboxylic acids is 1. The molecule has 2 heterocycles. The maximum atomic E-state index is 12.9. The fraction of sp³-hybridized carbons (Fsp3) is 0.250. The quantitative estimate of drug-likeness (QED) is 0.208. The highest BCUT2D eigenvalue weighted by Crippen LogP contribution is 2.40. The van der Waals surface area contributed by atoms with Gasteiger partial charge >= 0.3 is 0 Å². The lowest BCUT2D eigenvalue weighted by molar-refractivity contribution is -0.115. The van der Waals surface area contributed by atoms with Gasteiger partial charge in [0.05, 0.1) is 31.0 Å². The molecule has 206 valence electrons. The highest BCUT2D eigenvalue weighted by atomic mass is 32.2. The van der Waals surface area contributed by atoms with Gasteiger partial charge in [0.1, 0.15) is 33.7 Å². The van der Waals surface area contributed by atoms with Crippen molar-refractivity contribution >= 4 is 34.0 Å². The van der Waals surface area contributed by atoms with Crippen molar-refractivity contribution in [3.05, 3.63) is 76.2 Å². The minimum Gasteiger partial charge on any atom is -0.497 e. The van der Waals surface area contributed by atoms with Crippen LogP contribution in [0.25, 0.3) is 22.4 Å². The van der Waals surface area contributed by atoms with Gasteiger partial charge in [-0.2, -0.15) is 10.5 Å². The number of rotatable bonds is 9. The molecule has 41 heavy (non-hydrogen) atoms. The van der Waals surface area contributed by atoms with Crippen molar-refractivity contribution in [1.82, 2.24) is 4.98 Å². The zero-order valence-electron chi connectivity index (χ0n) is 22.8. The van der Waals surface area contributed by atoms with Crippen molar-refractivity contribution in [3.8, 4) is 46.0 Å². The number of pyridine rings is 1. The van der Waals surface area contributed by atoms with E-state index in [1.807, 2.05) is 54.6 Å². The van der Waals surface area contributed by atoms with E-state index in [1.165, 1.54) is 28.0 Å². The summed E-state index contributed by atoms with van der Waals surface area (Å²) in [6.45, 7) is 0. The Bertz CT molecular complexity index is 1670. The predicted molar refractivity (Wildman–Crippen MR) is 163 cm³/mol. The summed E-state index contributed by atoms with van der Waals surface area (Å²) in [4.78, 5) is 19.0. The Morgan fingerprint density at radius 2 is 1.78 bits per heavy atom. The number of carbonyl (C=O) groups is 1. The third-order valence-corrected chi connectivity index (χ3v) is 9.15. The summed E-state index contributed by atoms with van der Waals surface area (Å²) in [5.74, 6) is 1.49. The summed E-state index contributed by atoms with van der Waals surface area (Å²) in [6.07, 6.45) is 4.24. The third-order valence-electron chi connectivity index (χ3n) is 6.97. The van der Waals surface area contributed by atoms with Gasteiger partial charge in [0.25, 0.3) is 0 Å². The molecule has 0 aliphatic heterocycles. The molecule has 0 unspecified atom stereocenters. The number of benzene rings is 2. The van der Waals surface area contributed by atoms with E-state index in [4.69, 9.17) is 14.5 Å². The maximum absolute atomic E-state index is 12.9. The average Bonchev–Trinajstić information content (AvgIpc) is 3.37. The van der Waals surface area contributed by atoms with Crippen molar-refractivity contribution in [2.45, 2.75) is 37.1 Å². The number of nitriles is 2. The standard InChI is InChI=1S/C32H28N4O3S2/c1-38-21-12-13-28(39-2)24(16-21)23-17-27(20-8-4-3-5-9-20)35-31(26(23)19-34)40-15-14-30(37)36-32-25(18-33)22-10-6-7-11-29(22)41-32/h3-5,8-9,12-13,16-17H,6-7,10-11,14-15H2,1-2H3,(H,36,37). The molecule has 5 rings (SSSR count). The Labute approximate surface area is 247 Å². The molecule has 1 aliphatic rings. The zero-order chi connectivity index (χ0) is 28.8. The second-order valence-corrected chi connectivity index (χ2v) is 11.6. The van der Waals surface area contributed by atoms with Crippen LogP contribution >= 0.6 is 23.1 Å².